The molecule has 0 radical (unpaired) electrons. The van der Waals surface area contributed by atoms with Crippen molar-refractivity contribution in [2.45, 2.75) is 13.8 Å². The molecule has 17 heavy (non-hydrogen) atoms. The van der Waals surface area contributed by atoms with E-state index in [0.29, 0.717) is 17.0 Å². The second-order valence-electron chi connectivity index (χ2n) is 3.79. The number of hydrogen-bond donors (Lipinski definition) is 0. The number of hydrogen-bond acceptors (Lipinski definition) is 4. The van der Waals surface area contributed by atoms with Crippen LogP contribution in [0, 0.1) is 13.8 Å². The van der Waals surface area contributed by atoms with E-state index in [0.717, 1.165) is 11.1 Å². The summed E-state index contributed by atoms with van der Waals surface area (Å²) in [5.74, 6) is 0.550. The van der Waals surface area contributed by atoms with Crippen LogP contribution in [0.4, 0.5) is 0 Å². The Morgan fingerprint density at radius 2 is 2.12 bits per heavy atom. The van der Waals surface area contributed by atoms with Crippen LogP contribution >= 0.6 is 11.3 Å². The van der Waals surface area contributed by atoms with Gasteiger partial charge in [-0.15, -0.1) is 11.3 Å². The quantitative estimate of drug-likeness (QED) is 0.783. The summed E-state index contributed by atoms with van der Waals surface area (Å²) in [5.41, 5.74) is 4.80. The number of thiazole rings is 1. The van der Waals surface area contributed by atoms with Crippen LogP contribution in [-0.4, -0.2) is 17.9 Å². The van der Waals surface area contributed by atoms with Crippen molar-refractivity contribution in [3.8, 4) is 5.75 Å². The molecule has 0 saturated carbocycles. The summed E-state index contributed by atoms with van der Waals surface area (Å²) in [6, 6.07) is 3.72. The molecule has 88 valence electrons. The highest BCUT2D eigenvalue weighted by molar-refractivity contribution is 7.07. The molecule has 4 heteroatoms. The molecule has 0 bridgehead atoms. The predicted molar refractivity (Wildman–Crippen MR) is 68.0 cm³/mol. The molecular formula is C13H13NO2S. The molecule has 3 nitrogen and oxygen atoms in total. The smallest absolute Gasteiger partial charge is 0.215 e. The van der Waals surface area contributed by atoms with Gasteiger partial charge in [-0.25, -0.2) is 4.98 Å². The molecule has 1 aromatic carbocycles. The van der Waals surface area contributed by atoms with Crippen molar-refractivity contribution in [2.75, 3.05) is 7.11 Å². The Bertz CT molecular complexity index is 547. The van der Waals surface area contributed by atoms with Crippen molar-refractivity contribution < 1.29 is 9.53 Å². The molecule has 0 aliphatic heterocycles. The van der Waals surface area contributed by atoms with Crippen LogP contribution < -0.4 is 4.74 Å². The van der Waals surface area contributed by atoms with Crippen LogP contribution in [0.25, 0.3) is 0 Å². The summed E-state index contributed by atoms with van der Waals surface area (Å²) < 4.78 is 5.33. The minimum Gasteiger partial charge on any atom is -0.496 e. The molecular weight excluding hydrogens is 234 g/mol. The number of carbonyl (C=O) groups excluding carboxylic acids is 1. The number of aromatic nitrogens is 1. The fourth-order valence-corrected chi connectivity index (χ4v) is 2.23. The summed E-state index contributed by atoms with van der Waals surface area (Å²) in [6.45, 7) is 3.95. The third-order valence-electron chi connectivity index (χ3n) is 2.79. The summed E-state index contributed by atoms with van der Waals surface area (Å²) >= 11 is 1.41. The molecule has 1 aromatic heterocycles. The zero-order valence-electron chi connectivity index (χ0n) is 9.98. The monoisotopic (exact) mass is 247 g/mol. The third kappa shape index (κ3) is 2.08. The normalized spacial score (nSPS) is 10.3. The Labute approximate surface area is 104 Å². The highest BCUT2D eigenvalue weighted by Crippen LogP contribution is 2.28. The number of methoxy groups -OCH3 is 1. The third-order valence-corrected chi connectivity index (χ3v) is 3.38. The molecule has 1 heterocycles. The average Bonchev–Trinajstić information content (AvgIpc) is 2.85. The number of carbonyl (C=O) groups is 1. The zero-order valence-corrected chi connectivity index (χ0v) is 10.8. The largest absolute Gasteiger partial charge is 0.496 e. The van der Waals surface area contributed by atoms with E-state index in [4.69, 9.17) is 4.74 Å². The molecule has 2 aromatic rings. The number of nitrogens with zero attached hydrogens (tertiary/aromatic N) is 1. The van der Waals surface area contributed by atoms with Gasteiger partial charge in [0.2, 0.25) is 5.78 Å². The Balaban J connectivity index is 2.53. The first-order valence-corrected chi connectivity index (χ1v) is 6.16. The molecule has 0 saturated heterocycles. The number of ketones is 1. The van der Waals surface area contributed by atoms with Gasteiger partial charge in [0.15, 0.2) is 0 Å². The van der Waals surface area contributed by atoms with Crippen LogP contribution in [-0.2, 0) is 0 Å². The van der Waals surface area contributed by atoms with Gasteiger partial charge in [-0.3, -0.25) is 4.79 Å². The highest BCUT2D eigenvalue weighted by atomic mass is 32.1. The maximum atomic E-state index is 12.2. The molecule has 0 aliphatic rings. The number of rotatable bonds is 3. The average molecular weight is 247 g/mol. The van der Waals surface area contributed by atoms with Gasteiger partial charge >= 0.3 is 0 Å². The van der Waals surface area contributed by atoms with Crippen molar-refractivity contribution in [2.24, 2.45) is 0 Å². The Morgan fingerprint density at radius 3 is 2.71 bits per heavy atom. The topological polar surface area (TPSA) is 39.2 Å². The molecule has 2 rings (SSSR count). The molecule has 0 aliphatic carbocycles. The molecule has 0 N–H and O–H groups in total. The first kappa shape index (κ1) is 11.8. The zero-order chi connectivity index (χ0) is 12.4. The van der Waals surface area contributed by atoms with Crippen molar-refractivity contribution in [3.63, 3.8) is 0 Å². The van der Waals surface area contributed by atoms with Crippen molar-refractivity contribution in [1.82, 2.24) is 4.98 Å². The molecule has 0 spiro atoms. The van der Waals surface area contributed by atoms with E-state index in [-0.39, 0.29) is 5.78 Å². The first-order chi connectivity index (χ1) is 8.15. The maximum Gasteiger partial charge on any atom is 0.215 e. The Hall–Kier alpha value is -1.68. The van der Waals surface area contributed by atoms with Gasteiger partial charge in [-0.2, -0.15) is 0 Å². The van der Waals surface area contributed by atoms with Gasteiger partial charge in [-0.05, 0) is 31.0 Å². The SMILES string of the molecule is COc1c(C(=O)c2cscn2)ccc(C)c1C. The van der Waals surface area contributed by atoms with E-state index in [9.17, 15) is 4.79 Å². The van der Waals surface area contributed by atoms with Crippen LogP contribution in [0.5, 0.6) is 5.75 Å². The molecule has 0 amide bonds. The van der Waals surface area contributed by atoms with E-state index in [1.807, 2.05) is 19.9 Å². The Kier molecular flexibility index (Phi) is 3.24. The minimum atomic E-state index is -0.0915. The van der Waals surface area contributed by atoms with E-state index in [1.165, 1.54) is 11.3 Å². The number of benzene rings is 1. The van der Waals surface area contributed by atoms with Crippen LogP contribution in [0.1, 0.15) is 27.2 Å². The predicted octanol–water partition coefficient (Wildman–Crippen LogP) is 3.00. The van der Waals surface area contributed by atoms with E-state index in [2.05, 4.69) is 4.98 Å². The second-order valence-corrected chi connectivity index (χ2v) is 4.51. The van der Waals surface area contributed by atoms with Crippen molar-refractivity contribution in [1.29, 1.82) is 0 Å². The van der Waals surface area contributed by atoms with Gasteiger partial charge in [-0.1, -0.05) is 6.07 Å². The highest BCUT2D eigenvalue weighted by Gasteiger charge is 2.18. The molecule has 0 unspecified atom stereocenters. The van der Waals surface area contributed by atoms with E-state index >= 15 is 0 Å². The maximum absolute atomic E-state index is 12.2. The minimum absolute atomic E-state index is 0.0915. The van der Waals surface area contributed by atoms with Crippen LogP contribution in [0.15, 0.2) is 23.0 Å². The van der Waals surface area contributed by atoms with Gasteiger partial charge in [0.05, 0.1) is 18.2 Å². The van der Waals surface area contributed by atoms with Gasteiger partial charge in [0.25, 0.3) is 0 Å². The van der Waals surface area contributed by atoms with E-state index < -0.39 is 0 Å². The van der Waals surface area contributed by atoms with Gasteiger partial charge < -0.3 is 4.74 Å². The van der Waals surface area contributed by atoms with Gasteiger partial charge in [0, 0.05) is 5.38 Å². The van der Waals surface area contributed by atoms with Crippen molar-refractivity contribution in [3.05, 3.63) is 45.4 Å². The number of aryl methyl sites for hydroxylation is 1. The Morgan fingerprint density at radius 1 is 1.35 bits per heavy atom. The van der Waals surface area contributed by atoms with E-state index in [1.54, 1.807) is 24.1 Å². The van der Waals surface area contributed by atoms with Gasteiger partial charge in [0.1, 0.15) is 11.4 Å². The lowest BCUT2D eigenvalue weighted by Crippen LogP contribution is -2.06. The van der Waals surface area contributed by atoms with Crippen molar-refractivity contribution >= 4 is 17.1 Å². The fourth-order valence-electron chi connectivity index (χ4n) is 1.69. The summed E-state index contributed by atoms with van der Waals surface area (Å²) in [4.78, 5) is 16.2. The lowest BCUT2D eigenvalue weighted by atomic mass is 10.0. The second kappa shape index (κ2) is 4.67. The first-order valence-electron chi connectivity index (χ1n) is 5.22. The standard InChI is InChI=1S/C13H13NO2S/c1-8-4-5-10(13(16-3)9(8)2)12(15)11-6-17-7-14-11/h4-7H,1-3H3. The van der Waals surface area contributed by atoms with Crippen LogP contribution in [0.2, 0.25) is 0 Å². The number of ether oxygens (including phenoxy) is 1. The molecule has 0 fully saturated rings. The molecule has 0 atom stereocenters. The fraction of sp³-hybridized carbons (Fsp3) is 0.231. The van der Waals surface area contributed by atoms with Crippen LogP contribution in [0.3, 0.4) is 0 Å². The lowest BCUT2D eigenvalue weighted by Gasteiger charge is -2.11. The summed E-state index contributed by atoms with van der Waals surface area (Å²) in [6.07, 6.45) is 0. The lowest BCUT2D eigenvalue weighted by molar-refractivity contribution is 0.103. The summed E-state index contributed by atoms with van der Waals surface area (Å²) in [7, 11) is 1.58. The summed E-state index contributed by atoms with van der Waals surface area (Å²) in [5, 5.41) is 1.75.